The van der Waals surface area contributed by atoms with Crippen molar-refractivity contribution in [3.8, 4) is 5.75 Å². The second-order valence-electron chi connectivity index (χ2n) is 4.71. The molecule has 0 spiro atoms. The molecule has 0 aliphatic heterocycles. The van der Waals surface area contributed by atoms with Crippen LogP contribution in [0, 0.1) is 6.92 Å². The van der Waals surface area contributed by atoms with Crippen LogP contribution in [0.2, 0.25) is 0 Å². The van der Waals surface area contributed by atoms with E-state index in [1.807, 2.05) is 4.68 Å². The third kappa shape index (κ3) is 2.79. The number of hydrogen-bond donors (Lipinski definition) is 1. The van der Waals surface area contributed by atoms with E-state index < -0.39 is 0 Å². The molecule has 2 rings (SSSR count). The third-order valence-corrected chi connectivity index (χ3v) is 3.23. The highest BCUT2D eigenvalue weighted by Gasteiger charge is 2.19. The topological polar surface area (TPSA) is 53.1 Å². The summed E-state index contributed by atoms with van der Waals surface area (Å²) in [6.45, 7) is 5.03. The minimum Gasteiger partial charge on any atom is -0.493 e. The zero-order chi connectivity index (χ0) is 13.8. The lowest BCUT2D eigenvalue weighted by molar-refractivity contribution is 0.404. The van der Waals surface area contributed by atoms with Crippen molar-refractivity contribution in [2.45, 2.75) is 32.9 Å². The zero-order valence-electron chi connectivity index (χ0n) is 11.8. The molecule has 2 aromatic rings. The first-order valence-electron chi connectivity index (χ1n) is 6.59. The van der Waals surface area contributed by atoms with Crippen molar-refractivity contribution in [3.05, 3.63) is 47.3 Å². The molecule has 4 heteroatoms. The van der Waals surface area contributed by atoms with Crippen LogP contribution >= 0.6 is 0 Å². The van der Waals surface area contributed by atoms with Gasteiger partial charge < -0.3 is 10.5 Å². The average molecular weight is 259 g/mol. The maximum atomic E-state index is 6.38. The summed E-state index contributed by atoms with van der Waals surface area (Å²) in [6.07, 6.45) is 2.75. The Morgan fingerprint density at radius 2 is 2.00 bits per heavy atom. The van der Waals surface area contributed by atoms with E-state index in [0.29, 0.717) is 0 Å². The lowest BCUT2D eigenvalue weighted by atomic mass is 10.0. The Kier molecular flexibility index (Phi) is 4.22. The number of aryl methyl sites for hydroxylation is 2. The van der Waals surface area contributed by atoms with Gasteiger partial charge in [-0.1, -0.05) is 36.8 Å². The maximum absolute atomic E-state index is 6.38. The summed E-state index contributed by atoms with van der Waals surface area (Å²) in [5.41, 5.74) is 9.61. The second-order valence-corrected chi connectivity index (χ2v) is 4.71. The first-order valence-corrected chi connectivity index (χ1v) is 6.59. The van der Waals surface area contributed by atoms with Crippen molar-refractivity contribution >= 4 is 0 Å². The van der Waals surface area contributed by atoms with Crippen molar-refractivity contribution in [1.82, 2.24) is 9.78 Å². The monoisotopic (exact) mass is 259 g/mol. The molecule has 0 amide bonds. The summed E-state index contributed by atoms with van der Waals surface area (Å²) in [5, 5.41) is 4.35. The van der Waals surface area contributed by atoms with Crippen LogP contribution < -0.4 is 10.5 Å². The van der Waals surface area contributed by atoms with Crippen LogP contribution in [0.3, 0.4) is 0 Å². The van der Waals surface area contributed by atoms with Crippen LogP contribution in [-0.4, -0.2) is 16.9 Å². The number of ether oxygens (including phenoxy) is 1. The molecule has 102 valence electrons. The Morgan fingerprint density at radius 3 is 2.58 bits per heavy atom. The van der Waals surface area contributed by atoms with Crippen LogP contribution in [0.5, 0.6) is 5.75 Å². The quantitative estimate of drug-likeness (QED) is 0.898. The van der Waals surface area contributed by atoms with E-state index >= 15 is 0 Å². The number of nitrogens with two attached hydrogens (primary N) is 1. The van der Waals surface area contributed by atoms with Gasteiger partial charge in [0.05, 0.1) is 19.3 Å². The number of benzene rings is 1. The lowest BCUT2D eigenvalue weighted by Gasteiger charge is -2.16. The molecule has 1 aromatic heterocycles. The Morgan fingerprint density at radius 1 is 1.32 bits per heavy atom. The van der Waals surface area contributed by atoms with Crippen molar-refractivity contribution < 1.29 is 4.74 Å². The molecule has 1 unspecified atom stereocenters. The van der Waals surface area contributed by atoms with Crippen molar-refractivity contribution in [2.75, 3.05) is 7.11 Å². The third-order valence-electron chi connectivity index (χ3n) is 3.23. The fourth-order valence-corrected chi connectivity index (χ4v) is 2.17. The van der Waals surface area contributed by atoms with Gasteiger partial charge in [0.15, 0.2) is 5.75 Å². The van der Waals surface area contributed by atoms with Gasteiger partial charge in [0.2, 0.25) is 0 Å². The highest BCUT2D eigenvalue weighted by atomic mass is 16.5. The van der Waals surface area contributed by atoms with Crippen molar-refractivity contribution in [2.24, 2.45) is 5.73 Å². The lowest BCUT2D eigenvalue weighted by Crippen LogP contribution is -2.18. The average Bonchev–Trinajstić information content (AvgIpc) is 2.82. The van der Waals surface area contributed by atoms with Gasteiger partial charge in [-0.25, -0.2) is 0 Å². The predicted octanol–water partition coefficient (Wildman–Crippen LogP) is 2.66. The Bertz CT molecular complexity index is 531. The van der Waals surface area contributed by atoms with E-state index in [9.17, 15) is 0 Å². The van der Waals surface area contributed by atoms with Crippen LogP contribution in [0.1, 0.15) is 36.2 Å². The summed E-state index contributed by atoms with van der Waals surface area (Å²) < 4.78 is 7.31. The molecule has 1 atom stereocenters. The molecule has 0 saturated carbocycles. The van der Waals surface area contributed by atoms with Gasteiger partial charge in [-0.2, -0.15) is 5.10 Å². The molecule has 19 heavy (non-hydrogen) atoms. The normalized spacial score (nSPS) is 12.4. The summed E-state index contributed by atoms with van der Waals surface area (Å²) in [4.78, 5) is 0. The van der Waals surface area contributed by atoms with Gasteiger partial charge in [0, 0.05) is 6.54 Å². The van der Waals surface area contributed by atoms with Crippen molar-refractivity contribution in [3.63, 3.8) is 0 Å². The van der Waals surface area contributed by atoms with Crippen LogP contribution in [0.4, 0.5) is 0 Å². The first-order chi connectivity index (χ1) is 9.17. The minimum atomic E-state index is -0.218. The van der Waals surface area contributed by atoms with Gasteiger partial charge in [-0.15, -0.1) is 0 Å². The molecule has 1 aromatic carbocycles. The molecule has 2 N–H and O–H groups in total. The molecule has 0 aliphatic rings. The summed E-state index contributed by atoms with van der Waals surface area (Å²) in [5.74, 6) is 0.751. The fraction of sp³-hybridized carbons (Fsp3) is 0.400. The van der Waals surface area contributed by atoms with E-state index in [-0.39, 0.29) is 6.04 Å². The Balaban J connectivity index is 2.38. The van der Waals surface area contributed by atoms with E-state index in [2.05, 4.69) is 43.2 Å². The van der Waals surface area contributed by atoms with Gasteiger partial charge in [0.1, 0.15) is 5.69 Å². The number of methoxy groups -OCH3 is 1. The van der Waals surface area contributed by atoms with Crippen LogP contribution in [0.15, 0.2) is 30.5 Å². The Labute approximate surface area is 114 Å². The molecule has 0 bridgehead atoms. The SMILES string of the molecule is CCCn1ncc(OC)c1C(N)c1ccc(C)cc1. The van der Waals surface area contributed by atoms with E-state index in [1.54, 1.807) is 13.3 Å². The van der Waals surface area contributed by atoms with Gasteiger partial charge in [-0.05, 0) is 18.9 Å². The first kappa shape index (κ1) is 13.6. The summed E-state index contributed by atoms with van der Waals surface area (Å²) in [6, 6.07) is 8.04. The predicted molar refractivity (Wildman–Crippen MR) is 76.3 cm³/mol. The zero-order valence-corrected chi connectivity index (χ0v) is 11.8. The highest BCUT2D eigenvalue weighted by Crippen LogP contribution is 2.28. The van der Waals surface area contributed by atoms with Gasteiger partial charge in [0.25, 0.3) is 0 Å². The largest absolute Gasteiger partial charge is 0.493 e. The maximum Gasteiger partial charge on any atom is 0.161 e. The smallest absolute Gasteiger partial charge is 0.161 e. The number of aromatic nitrogens is 2. The minimum absolute atomic E-state index is 0.218. The summed E-state index contributed by atoms with van der Waals surface area (Å²) >= 11 is 0. The second kappa shape index (κ2) is 5.89. The molecular formula is C15H21N3O. The molecule has 0 saturated heterocycles. The molecule has 0 fully saturated rings. The number of rotatable bonds is 5. The molecule has 0 aliphatic carbocycles. The van der Waals surface area contributed by atoms with Crippen molar-refractivity contribution in [1.29, 1.82) is 0 Å². The highest BCUT2D eigenvalue weighted by molar-refractivity contribution is 5.36. The molecule has 0 radical (unpaired) electrons. The molecule has 1 heterocycles. The van der Waals surface area contributed by atoms with Gasteiger partial charge in [-0.3, -0.25) is 4.68 Å². The summed E-state index contributed by atoms with van der Waals surface area (Å²) in [7, 11) is 1.65. The van der Waals surface area contributed by atoms with Crippen LogP contribution in [0.25, 0.3) is 0 Å². The van der Waals surface area contributed by atoms with E-state index in [4.69, 9.17) is 10.5 Å². The number of nitrogens with zero attached hydrogens (tertiary/aromatic N) is 2. The number of hydrogen-bond acceptors (Lipinski definition) is 3. The fourth-order valence-electron chi connectivity index (χ4n) is 2.17. The Hall–Kier alpha value is -1.81. The standard InChI is InChI=1S/C15H21N3O/c1-4-9-18-15(13(19-3)10-17-18)14(16)12-7-5-11(2)6-8-12/h5-8,10,14H,4,9,16H2,1-3H3. The van der Waals surface area contributed by atoms with E-state index in [1.165, 1.54) is 5.56 Å². The molecular weight excluding hydrogens is 238 g/mol. The van der Waals surface area contributed by atoms with Crippen LogP contribution in [-0.2, 0) is 6.54 Å². The molecule has 4 nitrogen and oxygen atoms in total. The van der Waals surface area contributed by atoms with Gasteiger partial charge >= 0.3 is 0 Å². The van der Waals surface area contributed by atoms with E-state index in [0.717, 1.165) is 30.0 Å².